The molecule has 2 aromatic heterocycles. The second kappa shape index (κ2) is 9.71. The molecule has 0 unspecified atom stereocenters. The van der Waals surface area contributed by atoms with Crippen LogP contribution in [0.3, 0.4) is 0 Å². The first-order chi connectivity index (χ1) is 17.9. The van der Waals surface area contributed by atoms with E-state index in [-0.39, 0.29) is 17.6 Å². The molecular weight excluding hydrogens is 471 g/mol. The van der Waals surface area contributed by atoms with E-state index in [1.54, 1.807) is 23.0 Å². The number of rotatable bonds is 4. The summed E-state index contributed by atoms with van der Waals surface area (Å²) in [5, 5.41) is 24.6. The number of halogens is 1. The van der Waals surface area contributed by atoms with Crippen molar-refractivity contribution in [3.8, 4) is 34.5 Å². The van der Waals surface area contributed by atoms with Gasteiger partial charge in [0.15, 0.2) is 0 Å². The van der Waals surface area contributed by atoms with Crippen molar-refractivity contribution in [3.63, 3.8) is 0 Å². The molecule has 5 rings (SSSR count). The molecule has 1 fully saturated rings. The van der Waals surface area contributed by atoms with Crippen LogP contribution in [-0.2, 0) is 11.8 Å². The average molecular weight is 495 g/mol. The maximum atomic E-state index is 14.7. The second-order valence-electron chi connectivity index (χ2n) is 9.19. The van der Waals surface area contributed by atoms with E-state index >= 15 is 0 Å². The number of hydrogen-bond donors (Lipinski definition) is 1. The van der Waals surface area contributed by atoms with Crippen LogP contribution in [0, 0.1) is 28.5 Å². The average Bonchev–Trinajstić information content (AvgIpc) is 3.27. The zero-order valence-electron chi connectivity index (χ0n) is 20.1. The number of fused-ring (bicyclic) bond motifs is 1. The van der Waals surface area contributed by atoms with Gasteiger partial charge in [-0.25, -0.2) is 9.18 Å². The van der Waals surface area contributed by atoms with Gasteiger partial charge in [0.1, 0.15) is 18.0 Å². The van der Waals surface area contributed by atoms with Crippen LogP contribution >= 0.6 is 0 Å². The molecule has 2 heterocycles. The number of primary amides is 1. The van der Waals surface area contributed by atoms with Crippen molar-refractivity contribution in [1.29, 1.82) is 10.5 Å². The SMILES string of the molecule is Cn1ncc2cc(-c3c(C#N)cc(C4CCC(OC(N)=O)CC4)nc3-c3ccc(C#N)c(F)c3)ccc21. The summed E-state index contributed by atoms with van der Waals surface area (Å²) in [7, 11) is 1.85. The summed E-state index contributed by atoms with van der Waals surface area (Å²) in [6.07, 6.45) is 3.42. The lowest BCUT2D eigenvalue weighted by Crippen LogP contribution is -2.27. The first-order valence-electron chi connectivity index (χ1n) is 11.9. The quantitative estimate of drug-likeness (QED) is 0.409. The van der Waals surface area contributed by atoms with Gasteiger partial charge in [-0.05, 0) is 61.6 Å². The highest BCUT2D eigenvalue weighted by Crippen LogP contribution is 2.40. The summed E-state index contributed by atoms with van der Waals surface area (Å²) in [5.41, 5.74) is 9.47. The minimum atomic E-state index is -0.784. The van der Waals surface area contributed by atoms with Crippen LogP contribution in [0.15, 0.2) is 48.7 Å². The number of carbonyl (C=O) groups excluding carboxylic acids is 1. The maximum absolute atomic E-state index is 14.7. The predicted molar refractivity (Wildman–Crippen MR) is 134 cm³/mol. The normalized spacial score (nSPS) is 17.2. The molecule has 0 aliphatic heterocycles. The number of nitriles is 2. The van der Waals surface area contributed by atoms with Gasteiger partial charge >= 0.3 is 6.09 Å². The monoisotopic (exact) mass is 494 g/mol. The molecule has 1 saturated carbocycles. The summed E-state index contributed by atoms with van der Waals surface area (Å²) < 4.78 is 21.6. The zero-order chi connectivity index (χ0) is 26.1. The molecule has 184 valence electrons. The van der Waals surface area contributed by atoms with Crippen LogP contribution in [0.1, 0.15) is 48.4 Å². The van der Waals surface area contributed by atoms with Gasteiger partial charge < -0.3 is 10.5 Å². The maximum Gasteiger partial charge on any atom is 0.404 e. The van der Waals surface area contributed by atoms with E-state index < -0.39 is 11.9 Å². The second-order valence-corrected chi connectivity index (χ2v) is 9.19. The van der Waals surface area contributed by atoms with E-state index in [1.807, 2.05) is 31.3 Å². The number of carbonyl (C=O) groups is 1. The fourth-order valence-corrected chi connectivity index (χ4v) is 5.08. The summed E-state index contributed by atoms with van der Waals surface area (Å²) >= 11 is 0. The molecule has 0 saturated heterocycles. The van der Waals surface area contributed by atoms with Crippen molar-refractivity contribution in [2.24, 2.45) is 12.8 Å². The van der Waals surface area contributed by atoms with Crippen LogP contribution in [0.5, 0.6) is 0 Å². The first-order valence-corrected chi connectivity index (χ1v) is 11.9. The first kappa shape index (κ1) is 24.0. The van der Waals surface area contributed by atoms with Crippen LogP contribution in [0.25, 0.3) is 33.3 Å². The van der Waals surface area contributed by atoms with Crippen molar-refractivity contribution < 1.29 is 13.9 Å². The Hall–Kier alpha value is -4.76. The van der Waals surface area contributed by atoms with Gasteiger partial charge in [-0.2, -0.15) is 15.6 Å². The zero-order valence-corrected chi connectivity index (χ0v) is 20.1. The number of aromatic nitrogens is 3. The number of aryl methyl sites for hydroxylation is 1. The molecule has 1 aliphatic carbocycles. The Morgan fingerprint density at radius 1 is 1.05 bits per heavy atom. The standard InChI is InChI=1S/C28H23FN6O2/c1-35-25-9-6-17(10-21(25)15-33-35)26-20(14-31)12-24(16-4-7-22(8-5-16)37-28(32)36)34-27(26)18-2-3-19(13-30)23(29)11-18/h2-3,6,9-12,15-16,22H,4-5,7-8H2,1H3,(H2,32,36). The summed E-state index contributed by atoms with van der Waals surface area (Å²) in [6, 6.07) is 16.1. The third-order valence-corrected chi connectivity index (χ3v) is 6.93. The van der Waals surface area contributed by atoms with Crippen LogP contribution in [0.4, 0.5) is 9.18 Å². The lowest BCUT2D eigenvalue weighted by atomic mass is 9.83. The fourth-order valence-electron chi connectivity index (χ4n) is 5.08. The molecule has 4 aromatic rings. The lowest BCUT2D eigenvalue weighted by Gasteiger charge is -2.28. The van der Waals surface area contributed by atoms with Crippen LogP contribution < -0.4 is 5.73 Å². The Morgan fingerprint density at radius 3 is 2.46 bits per heavy atom. The Bertz CT molecular complexity index is 1610. The van der Waals surface area contributed by atoms with E-state index in [2.05, 4.69) is 11.2 Å². The molecule has 9 heteroatoms. The van der Waals surface area contributed by atoms with E-state index in [1.165, 1.54) is 12.1 Å². The van der Waals surface area contributed by atoms with Crippen molar-refractivity contribution >= 4 is 17.0 Å². The summed E-state index contributed by atoms with van der Waals surface area (Å²) in [4.78, 5) is 16.1. The largest absolute Gasteiger partial charge is 0.446 e. The van der Waals surface area contributed by atoms with E-state index in [9.17, 15) is 19.7 Å². The van der Waals surface area contributed by atoms with E-state index in [4.69, 9.17) is 15.5 Å². The molecule has 1 amide bonds. The highest BCUT2D eigenvalue weighted by Gasteiger charge is 2.27. The summed E-state index contributed by atoms with van der Waals surface area (Å²) in [5.74, 6) is -0.611. The van der Waals surface area contributed by atoms with Crippen molar-refractivity contribution in [1.82, 2.24) is 14.8 Å². The van der Waals surface area contributed by atoms with E-state index in [0.717, 1.165) is 22.2 Å². The summed E-state index contributed by atoms with van der Waals surface area (Å²) in [6.45, 7) is 0. The van der Waals surface area contributed by atoms with Gasteiger partial charge in [-0.3, -0.25) is 9.67 Å². The number of nitrogens with zero attached hydrogens (tertiary/aromatic N) is 5. The topological polar surface area (TPSA) is 131 Å². The number of nitrogens with two attached hydrogens (primary N) is 1. The molecular formula is C28H23FN6O2. The van der Waals surface area contributed by atoms with Crippen molar-refractivity contribution in [2.45, 2.75) is 37.7 Å². The van der Waals surface area contributed by atoms with Gasteiger partial charge in [0, 0.05) is 35.2 Å². The third-order valence-electron chi connectivity index (χ3n) is 6.93. The number of amides is 1. The highest BCUT2D eigenvalue weighted by molar-refractivity contribution is 5.91. The third kappa shape index (κ3) is 4.60. The Labute approximate surface area is 212 Å². The van der Waals surface area contributed by atoms with Crippen LogP contribution in [0.2, 0.25) is 0 Å². The molecule has 0 spiro atoms. The fraction of sp³-hybridized carbons (Fsp3) is 0.250. The minimum Gasteiger partial charge on any atom is -0.446 e. The molecule has 0 atom stereocenters. The Balaban J connectivity index is 1.65. The Morgan fingerprint density at radius 2 is 1.78 bits per heavy atom. The highest BCUT2D eigenvalue weighted by atomic mass is 19.1. The number of ether oxygens (including phenoxy) is 1. The molecule has 0 bridgehead atoms. The molecule has 37 heavy (non-hydrogen) atoms. The number of hydrogen-bond acceptors (Lipinski definition) is 6. The van der Waals surface area contributed by atoms with Crippen LogP contribution in [-0.4, -0.2) is 27.0 Å². The van der Waals surface area contributed by atoms with Gasteiger partial charge in [0.2, 0.25) is 0 Å². The minimum absolute atomic E-state index is 0.0386. The molecule has 0 radical (unpaired) electrons. The van der Waals surface area contributed by atoms with Crippen molar-refractivity contribution in [3.05, 3.63) is 71.3 Å². The lowest BCUT2D eigenvalue weighted by molar-refractivity contribution is 0.0784. The predicted octanol–water partition coefficient (Wildman–Crippen LogP) is 5.31. The van der Waals surface area contributed by atoms with Crippen molar-refractivity contribution in [2.75, 3.05) is 0 Å². The van der Waals surface area contributed by atoms with Gasteiger partial charge in [-0.15, -0.1) is 0 Å². The Kier molecular flexibility index (Phi) is 6.29. The van der Waals surface area contributed by atoms with E-state index in [0.29, 0.717) is 48.1 Å². The number of benzene rings is 2. The molecule has 2 aromatic carbocycles. The number of pyridine rings is 1. The molecule has 2 N–H and O–H groups in total. The van der Waals surface area contributed by atoms with Gasteiger partial charge in [0.05, 0.1) is 34.6 Å². The molecule has 8 nitrogen and oxygen atoms in total. The van der Waals surface area contributed by atoms with Gasteiger partial charge in [-0.1, -0.05) is 12.1 Å². The molecule has 1 aliphatic rings. The smallest absolute Gasteiger partial charge is 0.404 e. The van der Waals surface area contributed by atoms with Gasteiger partial charge in [0.25, 0.3) is 0 Å².